The van der Waals surface area contributed by atoms with Gasteiger partial charge in [-0.3, -0.25) is 0 Å². The molecule has 4 heteroatoms. The molecule has 0 aliphatic rings. The first kappa shape index (κ1) is 10.0. The van der Waals surface area contributed by atoms with Crippen LogP contribution in [0.2, 0.25) is 0 Å². The highest BCUT2D eigenvalue weighted by atomic mass is 16.4. The Labute approximate surface area is 47.0 Å². The lowest BCUT2D eigenvalue weighted by molar-refractivity contribution is -0.140. The lowest BCUT2D eigenvalue weighted by Crippen LogP contribution is -1.98. The average molecular weight is 117 g/mol. The Bertz CT molecular complexity index is 93.9. The molecule has 0 radical (unpaired) electrons. The second-order valence-electron chi connectivity index (χ2n) is 0.775. The molecule has 0 rings (SSSR count). The zero-order valence-corrected chi connectivity index (χ0v) is 4.46. The first-order valence-electron chi connectivity index (χ1n) is 1.82. The average Bonchev–Trinajstić information content (AvgIpc) is 1.69. The number of hydrogen-bond donors (Lipinski definition) is 2. The van der Waals surface area contributed by atoms with Gasteiger partial charge in [0.1, 0.15) is 6.61 Å². The molecule has 8 heavy (non-hydrogen) atoms. The first-order chi connectivity index (χ1) is 3.68. The topological polar surface area (TPSA) is 81.3 Å². The van der Waals surface area contributed by atoms with E-state index in [0.717, 1.165) is 0 Å². The van der Waals surface area contributed by atoms with Gasteiger partial charge in [0.05, 0.1) is 6.07 Å². The maximum Gasteiger partial charge on any atom is 0.329 e. The van der Waals surface area contributed by atoms with Crippen LogP contribution in [0, 0.1) is 11.3 Å². The van der Waals surface area contributed by atoms with Crippen molar-refractivity contribution in [2.24, 2.45) is 0 Å². The van der Waals surface area contributed by atoms with Gasteiger partial charge in [0.15, 0.2) is 0 Å². The highest BCUT2D eigenvalue weighted by molar-refractivity contribution is 5.67. The number of rotatable bonds is 1. The summed E-state index contributed by atoms with van der Waals surface area (Å²) in [6, 6.07) is 1.75. The van der Waals surface area contributed by atoms with Crippen molar-refractivity contribution in [1.82, 2.24) is 0 Å². The molecule has 0 fully saturated rings. The normalized spacial score (nSPS) is 5.62. The third-order valence-corrected chi connectivity index (χ3v) is 0.135. The summed E-state index contributed by atoms with van der Waals surface area (Å²) in [4.78, 5) is 9.12. The van der Waals surface area contributed by atoms with Crippen LogP contribution in [-0.2, 0) is 4.79 Å². The Kier molecular flexibility index (Phi) is 11.7. The number of carbonyl (C=O) groups is 1. The van der Waals surface area contributed by atoms with Gasteiger partial charge in [-0.1, -0.05) is 0 Å². The summed E-state index contributed by atoms with van der Waals surface area (Å²) in [6.45, 7) is 0.653. The number of carboxylic acids is 1. The van der Waals surface area contributed by atoms with E-state index in [1.165, 1.54) is 6.92 Å². The van der Waals surface area contributed by atoms with Crippen molar-refractivity contribution in [3.63, 3.8) is 0 Å². The van der Waals surface area contributed by atoms with Crippen molar-refractivity contribution < 1.29 is 15.0 Å². The Morgan fingerprint density at radius 2 is 2.00 bits per heavy atom. The summed E-state index contributed by atoms with van der Waals surface area (Å²) in [5.74, 6) is -1.19. The quantitative estimate of drug-likeness (QED) is 0.489. The molecule has 0 unspecified atom stereocenters. The summed E-state index contributed by atoms with van der Waals surface area (Å²) in [5.41, 5.74) is 0. The molecule has 0 aromatic rings. The van der Waals surface area contributed by atoms with Gasteiger partial charge < -0.3 is 10.2 Å². The van der Waals surface area contributed by atoms with Crippen LogP contribution in [0.15, 0.2) is 0 Å². The zero-order chi connectivity index (χ0) is 6.99. The van der Waals surface area contributed by atoms with E-state index in [1.54, 1.807) is 6.07 Å². The summed E-state index contributed by atoms with van der Waals surface area (Å²) < 4.78 is 0. The fraction of sp³-hybridized carbons (Fsp3) is 0.500. The van der Waals surface area contributed by atoms with E-state index in [0.29, 0.717) is 0 Å². The molecule has 0 atom stereocenters. The second-order valence-corrected chi connectivity index (χ2v) is 0.775. The number of nitrogens with zero attached hydrogens (tertiary/aromatic N) is 1. The van der Waals surface area contributed by atoms with Crippen LogP contribution in [0.4, 0.5) is 0 Å². The first-order valence-corrected chi connectivity index (χ1v) is 1.82. The standard InChI is InChI=1S/C2H3N.C2H4O3/c1-2-3;3-1-2(4)5/h1H3;3H,1H2,(H,4,5). The van der Waals surface area contributed by atoms with E-state index in [9.17, 15) is 0 Å². The van der Waals surface area contributed by atoms with Crippen molar-refractivity contribution in [2.45, 2.75) is 6.92 Å². The Hall–Kier alpha value is -1.08. The van der Waals surface area contributed by atoms with Crippen LogP contribution in [-0.4, -0.2) is 22.8 Å². The third kappa shape index (κ3) is 89.3. The minimum absolute atomic E-state index is 0.778. The van der Waals surface area contributed by atoms with E-state index in [-0.39, 0.29) is 0 Å². The smallest absolute Gasteiger partial charge is 0.329 e. The SMILES string of the molecule is CC#N.O=C(O)CO. The molecular weight excluding hydrogens is 110 g/mol. The number of aliphatic hydroxyl groups is 1. The molecule has 0 spiro atoms. The van der Waals surface area contributed by atoms with Gasteiger partial charge >= 0.3 is 5.97 Å². The number of carboxylic acid groups (broad SMARTS) is 1. The summed E-state index contributed by atoms with van der Waals surface area (Å²) in [5, 5.41) is 22.3. The molecule has 0 amide bonds. The minimum atomic E-state index is -1.19. The number of hydrogen-bond acceptors (Lipinski definition) is 3. The maximum atomic E-state index is 9.12. The summed E-state index contributed by atoms with van der Waals surface area (Å²) >= 11 is 0. The molecule has 2 N–H and O–H groups in total. The lowest BCUT2D eigenvalue weighted by Gasteiger charge is -1.72. The molecule has 46 valence electrons. The molecule has 0 saturated heterocycles. The fourth-order valence-corrected chi connectivity index (χ4v) is 0. The molecular formula is C4H7NO3. The molecule has 0 heterocycles. The molecule has 0 aliphatic heterocycles. The van der Waals surface area contributed by atoms with Gasteiger partial charge in [-0.2, -0.15) is 5.26 Å². The maximum absolute atomic E-state index is 9.12. The van der Waals surface area contributed by atoms with Crippen LogP contribution < -0.4 is 0 Å². The number of aliphatic hydroxyl groups excluding tert-OH is 1. The molecule has 0 bridgehead atoms. The number of aliphatic carboxylic acids is 1. The summed E-state index contributed by atoms with van der Waals surface area (Å²) in [7, 11) is 0. The van der Waals surface area contributed by atoms with Crippen molar-refractivity contribution >= 4 is 5.97 Å². The van der Waals surface area contributed by atoms with Crippen molar-refractivity contribution in [2.75, 3.05) is 6.61 Å². The third-order valence-electron chi connectivity index (χ3n) is 0.135. The van der Waals surface area contributed by atoms with Crippen molar-refractivity contribution in [1.29, 1.82) is 5.26 Å². The summed E-state index contributed by atoms with van der Waals surface area (Å²) in [6.07, 6.45) is 0. The van der Waals surface area contributed by atoms with Gasteiger partial charge in [-0.05, 0) is 0 Å². The van der Waals surface area contributed by atoms with E-state index in [1.807, 2.05) is 0 Å². The van der Waals surface area contributed by atoms with Crippen LogP contribution in [0.3, 0.4) is 0 Å². The lowest BCUT2D eigenvalue weighted by atomic mass is 10.8. The van der Waals surface area contributed by atoms with Crippen LogP contribution in [0.5, 0.6) is 0 Å². The minimum Gasteiger partial charge on any atom is -0.480 e. The predicted octanol–water partition coefficient (Wildman–Crippen LogP) is -0.407. The molecule has 4 nitrogen and oxygen atoms in total. The zero-order valence-electron chi connectivity index (χ0n) is 4.46. The Morgan fingerprint density at radius 1 is 1.88 bits per heavy atom. The molecule has 0 aromatic carbocycles. The molecule has 0 aliphatic carbocycles. The van der Waals surface area contributed by atoms with Crippen molar-refractivity contribution in [3.8, 4) is 6.07 Å². The van der Waals surface area contributed by atoms with Gasteiger partial charge in [-0.15, -0.1) is 0 Å². The van der Waals surface area contributed by atoms with Gasteiger partial charge in [0, 0.05) is 6.92 Å². The molecule has 0 saturated carbocycles. The predicted molar refractivity (Wildman–Crippen MR) is 26.0 cm³/mol. The van der Waals surface area contributed by atoms with E-state index < -0.39 is 12.6 Å². The fourth-order valence-electron chi connectivity index (χ4n) is 0. The van der Waals surface area contributed by atoms with E-state index in [4.69, 9.17) is 20.3 Å². The Balaban J connectivity index is 0. The van der Waals surface area contributed by atoms with Crippen LogP contribution in [0.1, 0.15) is 6.92 Å². The van der Waals surface area contributed by atoms with Crippen molar-refractivity contribution in [3.05, 3.63) is 0 Å². The van der Waals surface area contributed by atoms with Gasteiger partial charge in [-0.25, -0.2) is 4.79 Å². The van der Waals surface area contributed by atoms with Gasteiger partial charge in [0.25, 0.3) is 0 Å². The van der Waals surface area contributed by atoms with E-state index in [2.05, 4.69) is 0 Å². The van der Waals surface area contributed by atoms with Crippen LogP contribution >= 0.6 is 0 Å². The second kappa shape index (κ2) is 9.33. The van der Waals surface area contributed by atoms with Crippen LogP contribution in [0.25, 0.3) is 0 Å². The number of nitriles is 1. The van der Waals surface area contributed by atoms with Gasteiger partial charge in [0.2, 0.25) is 0 Å². The molecule has 0 aromatic heterocycles. The monoisotopic (exact) mass is 117 g/mol. The highest BCUT2D eigenvalue weighted by Crippen LogP contribution is 1.48. The van der Waals surface area contributed by atoms with E-state index >= 15 is 0 Å². The largest absolute Gasteiger partial charge is 0.480 e. The Morgan fingerprint density at radius 3 is 2.00 bits per heavy atom. The highest BCUT2D eigenvalue weighted by Gasteiger charge is 1.82.